The van der Waals surface area contributed by atoms with Crippen molar-refractivity contribution in [2.24, 2.45) is 0 Å². The average molecular weight is 741 g/mol. The summed E-state index contributed by atoms with van der Waals surface area (Å²) in [5.74, 6) is -1.26. The third-order valence-electron chi connectivity index (χ3n) is 9.63. The van der Waals surface area contributed by atoms with Crippen molar-refractivity contribution in [2.45, 2.75) is 39.3 Å². The lowest BCUT2D eigenvalue weighted by Gasteiger charge is -2.15. The van der Waals surface area contributed by atoms with Gasteiger partial charge in [0.2, 0.25) is 0 Å². The van der Waals surface area contributed by atoms with Crippen molar-refractivity contribution in [3.8, 4) is 0 Å². The summed E-state index contributed by atoms with van der Waals surface area (Å²) in [4.78, 5) is 63.1. The summed E-state index contributed by atoms with van der Waals surface area (Å²) in [7, 11) is 2.77. The van der Waals surface area contributed by atoms with Gasteiger partial charge in [0, 0.05) is 56.0 Å². The maximum absolute atomic E-state index is 12.5. The Bertz CT molecular complexity index is 2100. The second kappa shape index (κ2) is 17.5. The molecule has 0 saturated carbocycles. The Kier molecular flexibility index (Phi) is 12.1. The fraction of sp³-hybridized carbons (Fsp3) is 0.186. The van der Waals surface area contributed by atoms with Crippen LogP contribution in [-0.4, -0.2) is 58.9 Å². The van der Waals surface area contributed by atoms with Crippen LogP contribution >= 0.6 is 0 Å². The number of methoxy groups -OCH3 is 2. The first-order valence-corrected chi connectivity index (χ1v) is 17.6. The van der Waals surface area contributed by atoms with Crippen LogP contribution in [0.4, 0.5) is 0 Å². The fourth-order valence-corrected chi connectivity index (χ4v) is 6.86. The summed E-state index contributed by atoms with van der Waals surface area (Å²) in [5.41, 5.74) is 10.4. The minimum Gasteiger partial charge on any atom is -0.465 e. The summed E-state index contributed by atoms with van der Waals surface area (Å²) < 4.78 is 9.49. The van der Waals surface area contributed by atoms with Crippen molar-refractivity contribution >= 4 is 29.7 Å². The number of hydrogen-bond acceptors (Lipinski definition) is 9. The Morgan fingerprint density at radius 1 is 0.527 bits per heavy atom. The standard InChI is InChI=1S/C17H15NO3.C16H14N2O3.C10H11NO2/c1-21-17(20)14-9-5-8-13-10-18(11-15(13)14)16(19)12-6-3-2-4-7-12;19-15(17-21)13-8-4-7-12-9-18(10-14(12)13)16(20)11-5-2-1-3-6-11;1-13-10(12)8-4-2-3-7-5-11-6-9(7)8/h2-9H,10-11H2,1H3;1-8,21H,9-10H2,(H,17,19);2-4,11H,5-6H2,1H3. The zero-order valence-electron chi connectivity index (χ0n) is 30.4. The molecule has 5 aromatic rings. The van der Waals surface area contributed by atoms with Gasteiger partial charge in [-0.05, 0) is 75.8 Å². The second-order valence-corrected chi connectivity index (χ2v) is 12.9. The van der Waals surface area contributed by atoms with Crippen LogP contribution in [0.1, 0.15) is 85.2 Å². The molecule has 0 saturated heterocycles. The predicted octanol–water partition coefficient (Wildman–Crippen LogP) is 5.67. The molecule has 0 spiro atoms. The van der Waals surface area contributed by atoms with Gasteiger partial charge in [0.25, 0.3) is 17.7 Å². The summed E-state index contributed by atoms with van der Waals surface area (Å²) in [6.45, 7) is 3.41. The van der Waals surface area contributed by atoms with Gasteiger partial charge in [-0.3, -0.25) is 19.6 Å². The van der Waals surface area contributed by atoms with Crippen LogP contribution < -0.4 is 10.8 Å². The molecule has 0 bridgehead atoms. The van der Waals surface area contributed by atoms with Crippen LogP contribution in [0.15, 0.2) is 115 Å². The van der Waals surface area contributed by atoms with Gasteiger partial charge in [-0.2, -0.15) is 0 Å². The zero-order valence-corrected chi connectivity index (χ0v) is 30.4. The van der Waals surface area contributed by atoms with Crippen molar-refractivity contribution in [1.82, 2.24) is 20.6 Å². The van der Waals surface area contributed by atoms with Gasteiger partial charge < -0.3 is 24.6 Å². The number of fused-ring (bicyclic) bond motifs is 3. The average Bonchev–Trinajstić information content (AvgIpc) is 4.02. The van der Waals surface area contributed by atoms with E-state index in [2.05, 4.69) is 5.32 Å². The van der Waals surface area contributed by atoms with Gasteiger partial charge in [0.15, 0.2) is 0 Å². The number of esters is 2. The van der Waals surface area contributed by atoms with Crippen LogP contribution in [0.25, 0.3) is 0 Å². The van der Waals surface area contributed by atoms with Crippen LogP contribution in [-0.2, 0) is 48.7 Å². The molecular weight excluding hydrogens is 700 g/mol. The highest BCUT2D eigenvalue weighted by atomic mass is 16.5. The van der Waals surface area contributed by atoms with E-state index in [1.807, 2.05) is 66.7 Å². The van der Waals surface area contributed by atoms with E-state index < -0.39 is 5.91 Å². The highest BCUT2D eigenvalue weighted by Crippen LogP contribution is 2.29. The monoisotopic (exact) mass is 740 g/mol. The summed E-state index contributed by atoms with van der Waals surface area (Å²) >= 11 is 0. The Balaban J connectivity index is 0.000000145. The molecule has 8 rings (SSSR count). The first-order chi connectivity index (χ1) is 26.7. The van der Waals surface area contributed by atoms with Crippen molar-refractivity contribution in [2.75, 3.05) is 14.2 Å². The quantitative estimate of drug-likeness (QED) is 0.118. The Hall–Kier alpha value is -6.63. The third kappa shape index (κ3) is 8.46. The lowest BCUT2D eigenvalue weighted by atomic mass is 10.0. The molecule has 0 radical (unpaired) electrons. The van der Waals surface area contributed by atoms with E-state index in [1.54, 1.807) is 63.8 Å². The molecule has 3 aliphatic heterocycles. The molecule has 3 N–H and O–H groups in total. The van der Waals surface area contributed by atoms with Crippen LogP contribution in [0.3, 0.4) is 0 Å². The summed E-state index contributed by atoms with van der Waals surface area (Å²) in [6.07, 6.45) is 0. The number of nitrogens with one attached hydrogen (secondary N) is 2. The Morgan fingerprint density at radius 3 is 1.44 bits per heavy atom. The first kappa shape index (κ1) is 38.1. The smallest absolute Gasteiger partial charge is 0.338 e. The highest BCUT2D eigenvalue weighted by molar-refractivity contribution is 5.98. The zero-order chi connectivity index (χ0) is 38.9. The maximum Gasteiger partial charge on any atom is 0.338 e. The van der Waals surface area contributed by atoms with E-state index in [0.29, 0.717) is 54.0 Å². The molecule has 0 fully saturated rings. The Morgan fingerprint density at radius 2 is 0.964 bits per heavy atom. The number of rotatable bonds is 5. The van der Waals surface area contributed by atoms with Crippen LogP contribution in [0, 0.1) is 0 Å². The van der Waals surface area contributed by atoms with Crippen LogP contribution in [0.2, 0.25) is 0 Å². The van der Waals surface area contributed by atoms with E-state index in [1.165, 1.54) is 19.8 Å². The number of nitrogens with zero attached hydrogens (tertiary/aromatic N) is 2. The van der Waals surface area contributed by atoms with Crippen molar-refractivity contribution < 1.29 is 38.7 Å². The number of benzene rings is 5. The first-order valence-electron chi connectivity index (χ1n) is 17.6. The molecule has 5 aromatic carbocycles. The van der Waals surface area contributed by atoms with Crippen molar-refractivity contribution in [1.29, 1.82) is 0 Å². The molecule has 12 heteroatoms. The number of carbonyl (C=O) groups excluding carboxylic acids is 5. The highest BCUT2D eigenvalue weighted by Gasteiger charge is 2.29. The SMILES string of the molecule is COC(=O)c1cccc2c1CN(C(=O)c1ccccc1)C2.COC(=O)c1cccc2c1CNC2.O=C(NO)c1cccc2c1CN(C(=O)c1ccccc1)C2. The molecule has 3 heterocycles. The number of hydroxylamine groups is 1. The van der Waals surface area contributed by atoms with E-state index in [4.69, 9.17) is 14.7 Å². The molecule has 0 atom stereocenters. The molecule has 3 amide bonds. The summed E-state index contributed by atoms with van der Waals surface area (Å²) in [6, 6.07) is 34.7. The fourth-order valence-electron chi connectivity index (χ4n) is 6.86. The molecule has 0 aliphatic carbocycles. The van der Waals surface area contributed by atoms with Gasteiger partial charge >= 0.3 is 11.9 Å². The largest absolute Gasteiger partial charge is 0.465 e. The second-order valence-electron chi connectivity index (χ2n) is 12.9. The molecule has 12 nitrogen and oxygen atoms in total. The molecule has 55 heavy (non-hydrogen) atoms. The molecular formula is C43H40N4O8. The predicted molar refractivity (Wildman–Crippen MR) is 202 cm³/mol. The molecule has 3 aliphatic rings. The van der Waals surface area contributed by atoms with E-state index in [9.17, 15) is 24.0 Å². The lowest BCUT2D eigenvalue weighted by Crippen LogP contribution is -2.26. The van der Waals surface area contributed by atoms with Crippen molar-refractivity contribution in [3.05, 3.63) is 176 Å². The minimum absolute atomic E-state index is 0.0254. The number of hydrogen-bond donors (Lipinski definition) is 3. The lowest BCUT2D eigenvalue weighted by molar-refractivity contribution is 0.0590. The van der Waals surface area contributed by atoms with Crippen LogP contribution in [0.5, 0.6) is 0 Å². The van der Waals surface area contributed by atoms with Gasteiger partial charge in [-0.15, -0.1) is 0 Å². The van der Waals surface area contributed by atoms with Gasteiger partial charge in [0.1, 0.15) is 0 Å². The molecule has 280 valence electrons. The summed E-state index contributed by atoms with van der Waals surface area (Å²) in [5, 5.41) is 12.0. The van der Waals surface area contributed by atoms with E-state index in [-0.39, 0.29) is 23.8 Å². The van der Waals surface area contributed by atoms with Crippen molar-refractivity contribution in [3.63, 3.8) is 0 Å². The Labute approximate surface area is 318 Å². The third-order valence-corrected chi connectivity index (χ3v) is 9.63. The van der Waals surface area contributed by atoms with E-state index in [0.717, 1.165) is 40.9 Å². The molecule has 0 aromatic heterocycles. The van der Waals surface area contributed by atoms with E-state index >= 15 is 0 Å². The van der Waals surface area contributed by atoms with Gasteiger partial charge in [0.05, 0.1) is 25.3 Å². The number of amides is 3. The number of ether oxygens (including phenoxy) is 2. The minimum atomic E-state index is -0.555. The number of carbonyl (C=O) groups is 5. The topological polar surface area (TPSA) is 155 Å². The molecule has 0 unspecified atom stereocenters. The maximum atomic E-state index is 12.5. The normalized spacial score (nSPS) is 13.1. The van der Waals surface area contributed by atoms with Gasteiger partial charge in [-0.1, -0.05) is 72.8 Å². The van der Waals surface area contributed by atoms with Gasteiger partial charge in [-0.25, -0.2) is 15.1 Å².